The van der Waals surface area contributed by atoms with Crippen molar-refractivity contribution in [3.05, 3.63) is 60.3 Å². The zero-order chi connectivity index (χ0) is 19.1. The number of nitrogens with zero attached hydrogens (tertiary/aromatic N) is 2. The molecule has 0 bridgehead atoms. The lowest BCUT2D eigenvalue weighted by Crippen LogP contribution is -2.10. The molecule has 0 spiro atoms. The third-order valence-electron chi connectivity index (χ3n) is 3.55. The Morgan fingerprint density at radius 1 is 1.15 bits per heavy atom. The first-order valence-corrected chi connectivity index (χ1v) is 8.45. The quantitative estimate of drug-likeness (QED) is 0.621. The Hall–Kier alpha value is -3.26. The number of hydrogen-bond acceptors (Lipinski definition) is 6. The highest BCUT2D eigenvalue weighted by Crippen LogP contribution is 2.19. The number of amides is 1. The van der Waals surface area contributed by atoms with Gasteiger partial charge in [-0.05, 0) is 43.3 Å². The summed E-state index contributed by atoms with van der Waals surface area (Å²) in [7, 11) is 1.57. The van der Waals surface area contributed by atoms with Crippen LogP contribution in [0.3, 0.4) is 0 Å². The van der Waals surface area contributed by atoms with Crippen molar-refractivity contribution in [2.24, 2.45) is 0 Å². The lowest BCUT2D eigenvalue weighted by Gasteiger charge is -2.06. The van der Waals surface area contributed by atoms with Crippen molar-refractivity contribution in [1.29, 1.82) is 0 Å². The SMILES string of the molecule is CCOc1ccc(OCc2ccc(C(=O)Nc3cnn(COC)c3)o2)cc1. The Labute approximate surface area is 156 Å². The minimum absolute atomic E-state index is 0.194. The normalized spacial score (nSPS) is 10.6. The summed E-state index contributed by atoms with van der Waals surface area (Å²) in [6.45, 7) is 3.07. The van der Waals surface area contributed by atoms with Crippen molar-refractivity contribution < 1.29 is 23.4 Å². The monoisotopic (exact) mass is 371 g/mol. The van der Waals surface area contributed by atoms with E-state index in [1.807, 2.05) is 31.2 Å². The third kappa shape index (κ3) is 5.11. The molecule has 1 amide bonds. The van der Waals surface area contributed by atoms with Crippen LogP contribution < -0.4 is 14.8 Å². The van der Waals surface area contributed by atoms with Crippen LogP contribution in [0.15, 0.2) is 53.2 Å². The fourth-order valence-corrected chi connectivity index (χ4v) is 2.35. The molecule has 2 aromatic heterocycles. The van der Waals surface area contributed by atoms with Gasteiger partial charge in [-0.15, -0.1) is 0 Å². The van der Waals surface area contributed by atoms with E-state index in [0.717, 1.165) is 5.75 Å². The minimum atomic E-state index is -0.362. The summed E-state index contributed by atoms with van der Waals surface area (Å²) < 4.78 is 23.1. The van der Waals surface area contributed by atoms with Crippen molar-refractivity contribution in [1.82, 2.24) is 9.78 Å². The number of carbonyl (C=O) groups is 1. The van der Waals surface area contributed by atoms with Crippen molar-refractivity contribution >= 4 is 11.6 Å². The number of hydrogen-bond donors (Lipinski definition) is 1. The summed E-state index contributed by atoms with van der Waals surface area (Å²) in [5, 5.41) is 6.77. The lowest BCUT2D eigenvalue weighted by atomic mass is 10.3. The molecule has 0 radical (unpaired) electrons. The van der Waals surface area contributed by atoms with Crippen LogP contribution in [0.5, 0.6) is 11.5 Å². The molecule has 1 aromatic carbocycles. The summed E-state index contributed by atoms with van der Waals surface area (Å²) in [6.07, 6.45) is 3.20. The van der Waals surface area contributed by atoms with Gasteiger partial charge in [-0.1, -0.05) is 0 Å². The molecule has 0 aliphatic heterocycles. The second-order valence-corrected chi connectivity index (χ2v) is 5.60. The number of carbonyl (C=O) groups excluding carboxylic acids is 1. The van der Waals surface area contributed by atoms with Gasteiger partial charge in [-0.2, -0.15) is 5.10 Å². The molecule has 0 aliphatic rings. The van der Waals surface area contributed by atoms with Crippen LogP contribution in [0.1, 0.15) is 23.2 Å². The third-order valence-corrected chi connectivity index (χ3v) is 3.55. The molecule has 27 heavy (non-hydrogen) atoms. The number of rotatable bonds is 9. The van der Waals surface area contributed by atoms with E-state index in [1.165, 1.54) is 6.20 Å². The molecule has 8 heteroatoms. The lowest BCUT2D eigenvalue weighted by molar-refractivity contribution is 0.0992. The summed E-state index contributed by atoms with van der Waals surface area (Å²) in [4.78, 5) is 12.2. The number of methoxy groups -OCH3 is 1. The van der Waals surface area contributed by atoms with Gasteiger partial charge in [0.05, 0.1) is 24.7 Å². The number of anilines is 1. The molecule has 0 aliphatic carbocycles. The zero-order valence-electron chi connectivity index (χ0n) is 15.2. The van der Waals surface area contributed by atoms with Gasteiger partial charge in [0.25, 0.3) is 5.91 Å². The Bertz CT molecular complexity index is 870. The average Bonchev–Trinajstić information content (AvgIpc) is 3.31. The summed E-state index contributed by atoms with van der Waals surface area (Å²) >= 11 is 0. The highest BCUT2D eigenvalue weighted by molar-refractivity contribution is 6.02. The fraction of sp³-hybridized carbons (Fsp3) is 0.263. The van der Waals surface area contributed by atoms with Crippen LogP contribution in [0.2, 0.25) is 0 Å². The molecule has 8 nitrogen and oxygen atoms in total. The van der Waals surface area contributed by atoms with Crippen molar-refractivity contribution in [2.45, 2.75) is 20.3 Å². The second-order valence-electron chi connectivity index (χ2n) is 5.60. The van der Waals surface area contributed by atoms with E-state index in [1.54, 1.807) is 30.1 Å². The molecule has 3 rings (SSSR count). The Morgan fingerprint density at radius 3 is 2.59 bits per heavy atom. The second kappa shape index (κ2) is 8.91. The van der Waals surface area contributed by atoms with Gasteiger partial charge in [-0.25, -0.2) is 4.68 Å². The maximum absolute atomic E-state index is 12.2. The van der Waals surface area contributed by atoms with Crippen LogP contribution in [0, 0.1) is 0 Å². The van der Waals surface area contributed by atoms with E-state index in [-0.39, 0.29) is 18.3 Å². The van der Waals surface area contributed by atoms with Gasteiger partial charge < -0.3 is 23.9 Å². The summed E-state index contributed by atoms with van der Waals surface area (Å²) in [5.74, 6) is 1.85. The van der Waals surface area contributed by atoms with E-state index < -0.39 is 0 Å². The fourth-order valence-electron chi connectivity index (χ4n) is 2.35. The average molecular weight is 371 g/mol. The molecule has 1 N–H and O–H groups in total. The largest absolute Gasteiger partial charge is 0.494 e. The molecule has 0 unspecified atom stereocenters. The van der Waals surface area contributed by atoms with Gasteiger partial charge in [0, 0.05) is 7.11 Å². The molecule has 0 saturated carbocycles. The van der Waals surface area contributed by atoms with Gasteiger partial charge in [-0.3, -0.25) is 4.79 Å². The molecule has 0 saturated heterocycles. The van der Waals surface area contributed by atoms with Crippen molar-refractivity contribution in [2.75, 3.05) is 19.0 Å². The first-order chi connectivity index (χ1) is 13.2. The molecule has 0 atom stereocenters. The molecular weight excluding hydrogens is 350 g/mol. The van der Waals surface area contributed by atoms with Crippen LogP contribution in [0.25, 0.3) is 0 Å². The first kappa shape index (κ1) is 18.5. The number of ether oxygens (including phenoxy) is 3. The van der Waals surface area contributed by atoms with Crippen LogP contribution in [-0.2, 0) is 18.1 Å². The van der Waals surface area contributed by atoms with E-state index in [4.69, 9.17) is 18.6 Å². The number of benzene rings is 1. The highest BCUT2D eigenvalue weighted by atomic mass is 16.5. The minimum Gasteiger partial charge on any atom is -0.494 e. The molecular formula is C19H21N3O5. The first-order valence-electron chi connectivity index (χ1n) is 8.45. The topological polar surface area (TPSA) is 87.8 Å². The van der Waals surface area contributed by atoms with Crippen LogP contribution in [-0.4, -0.2) is 29.4 Å². The Balaban J connectivity index is 1.53. The molecule has 0 fully saturated rings. The maximum Gasteiger partial charge on any atom is 0.291 e. The van der Waals surface area contributed by atoms with Gasteiger partial charge >= 0.3 is 0 Å². The number of nitrogens with one attached hydrogen (secondary N) is 1. The molecule has 2 heterocycles. The van der Waals surface area contributed by atoms with Crippen LogP contribution >= 0.6 is 0 Å². The smallest absolute Gasteiger partial charge is 0.291 e. The predicted molar refractivity (Wildman–Crippen MR) is 97.8 cm³/mol. The number of aromatic nitrogens is 2. The van der Waals surface area contributed by atoms with E-state index in [9.17, 15) is 4.79 Å². The zero-order valence-corrected chi connectivity index (χ0v) is 15.2. The van der Waals surface area contributed by atoms with E-state index in [0.29, 0.717) is 30.5 Å². The van der Waals surface area contributed by atoms with Crippen LogP contribution in [0.4, 0.5) is 5.69 Å². The standard InChI is InChI=1S/C19H21N3O5/c1-3-25-15-4-6-16(7-5-15)26-12-17-8-9-18(27-17)19(23)21-14-10-20-22(11-14)13-24-2/h4-11H,3,12-13H2,1-2H3,(H,21,23). The molecule has 142 valence electrons. The van der Waals surface area contributed by atoms with Gasteiger partial charge in [0.15, 0.2) is 5.76 Å². The number of furan rings is 1. The van der Waals surface area contributed by atoms with E-state index in [2.05, 4.69) is 10.4 Å². The summed E-state index contributed by atoms with van der Waals surface area (Å²) in [6, 6.07) is 10.6. The summed E-state index contributed by atoms with van der Waals surface area (Å²) in [5.41, 5.74) is 0.556. The predicted octanol–water partition coefficient (Wildman–Crippen LogP) is 3.31. The Kier molecular flexibility index (Phi) is 6.11. The van der Waals surface area contributed by atoms with Gasteiger partial charge in [0.2, 0.25) is 0 Å². The highest BCUT2D eigenvalue weighted by Gasteiger charge is 2.13. The van der Waals surface area contributed by atoms with Crippen molar-refractivity contribution in [3.8, 4) is 11.5 Å². The van der Waals surface area contributed by atoms with Crippen molar-refractivity contribution in [3.63, 3.8) is 0 Å². The van der Waals surface area contributed by atoms with E-state index >= 15 is 0 Å². The van der Waals surface area contributed by atoms with Gasteiger partial charge in [0.1, 0.15) is 30.6 Å². The maximum atomic E-state index is 12.2. The Morgan fingerprint density at radius 2 is 1.89 bits per heavy atom. The molecule has 3 aromatic rings.